The summed E-state index contributed by atoms with van der Waals surface area (Å²) in [6, 6.07) is 9.13. The number of rotatable bonds is 7. The van der Waals surface area contributed by atoms with Crippen LogP contribution in [0.3, 0.4) is 0 Å². The van der Waals surface area contributed by atoms with E-state index in [2.05, 4.69) is 5.32 Å². The Labute approximate surface area is 196 Å². The first-order valence-corrected chi connectivity index (χ1v) is 11.5. The van der Waals surface area contributed by atoms with Crippen LogP contribution in [-0.4, -0.2) is 44.9 Å². The van der Waals surface area contributed by atoms with Crippen LogP contribution >= 0.6 is 0 Å². The Hall–Kier alpha value is -2.61. The van der Waals surface area contributed by atoms with Crippen LogP contribution in [0, 0.1) is 5.92 Å². The van der Waals surface area contributed by atoms with Crippen LogP contribution in [0.2, 0.25) is 0 Å². The van der Waals surface area contributed by atoms with Crippen LogP contribution in [0.15, 0.2) is 30.3 Å². The maximum absolute atomic E-state index is 11.8. The number of amides is 1. The Morgan fingerprint density at radius 3 is 1.97 bits per heavy atom. The third kappa shape index (κ3) is 10.7. The number of benzene rings is 1. The van der Waals surface area contributed by atoms with Crippen molar-refractivity contribution in [1.29, 1.82) is 0 Å². The lowest BCUT2D eigenvalue weighted by Gasteiger charge is -2.28. The van der Waals surface area contributed by atoms with E-state index >= 15 is 0 Å². The van der Waals surface area contributed by atoms with E-state index in [9.17, 15) is 19.5 Å². The van der Waals surface area contributed by atoms with Gasteiger partial charge in [0.15, 0.2) is 0 Å². The second kappa shape index (κ2) is 12.0. The van der Waals surface area contributed by atoms with Crippen LogP contribution in [0.25, 0.3) is 0 Å². The van der Waals surface area contributed by atoms with Crippen molar-refractivity contribution in [2.24, 2.45) is 11.7 Å². The third-order valence-corrected chi connectivity index (χ3v) is 5.58. The largest absolute Gasteiger partial charge is 0.480 e. The molecule has 1 aromatic carbocycles. The molecule has 0 spiro atoms. The number of carboxylic acid groups (broad SMARTS) is 2. The third-order valence-electron chi connectivity index (χ3n) is 5.58. The molecule has 1 amide bonds. The lowest BCUT2D eigenvalue weighted by atomic mass is 9.80. The number of alkyl carbamates (subject to hydrolysis) is 1. The van der Waals surface area contributed by atoms with Crippen molar-refractivity contribution in [2.45, 2.75) is 96.2 Å². The van der Waals surface area contributed by atoms with Crippen molar-refractivity contribution in [3.8, 4) is 0 Å². The quantitative estimate of drug-likeness (QED) is 0.470. The molecule has 1 fully saturated rings. The van der Waals surface area contributed by atoms with Crippen molar-refractivity contribution in [3.63, 3.8) is 0 Å². The minimum atomic E-state index is -1.41. The van der Waals surface area contributed by atoms with Crippen LogP contribution < -0.4 is 11.1 Å². The molecule has 33 heavy (non-hydrogen) atoms. The zero-order chi connectivity index (χ0) is 25.3. The van der Waals surface area contributed by atoms with Gasteiger partial charge in [-0.3, -0.25) is 4.79 Å². The molecule has 186 valence electrons. The fraction of sp³-hybridized carbons (Fsp3) is 0.640. The van der Waals surface area contributed by atoms with Gasteiger partial charge in [-0.25, -0.2) is 9.59 Å². The highest BCUT2D eigenvalue weighted by Crippen LogP contribution is 2.29. The van der Waals surface area contributed by atoms with Gasteiger partial charge in [0.1, 0.15) is 16.7 Å². The number of ether oxygens (including phenoxy) is 1. The number of hydrogen-bond acceptors (Lipinski definition) is 5. The molecular weight excluding hydrogens is 424 g/mol. The first-order chi connectivity index (χ1) is 15.1. The van der Waals surface area contributed by atoms with Gasteiger partial charge in [0, 0.05) is 6.42 Å². The topological polar surface area (TPSA) is 139 Å². The second-order valence-corrected chi connectivity index (χ2v) is 10.4. The average molecular weight is 465 g/mol. The van der Waals surface area contributed by atoms with Crippen molar-refractivity contribution >= 4 is 18.0 Å². The minimum Gasteiger partial charge on any atom is -0.480 e. The van der Waals surface area contributed by atoms with Crippen LogP contribution in [0.1, 0.15) is 78.7 Å². The number of nitrogens with two attached hydrogens (primary N) is 1. The summed E-state index contributed by atoms with van der Waals surface area (Å²) in [7, 11) is 0. The molecular formula is C25H40N2O6. The first-order valence-electron chi connectivity index (χ1n) is 11.5. The molecule has 2 atom stereocenters. The van der Waals surface area contributed by atoms with Crippen molar-refractivity contribution in [2.75, 3.05) is 0 Å². The molecule has 8 heteroatoms. The monoisotopic (exact) mass is 464 g/mol. The Bertz CT molecular complexity index is 782. The van der Waals surface area contributed by atoms with E-state index in [-0.39, 0.29) is 6.42 Å². The first kappa shape index (κ1) is 28.4. The van der Waals surface area contributed by atoms with Gasteiger partial charge in [0.2, 0.25) is 0 Å². The van der Waals surface area contributed by atoms with E-state index in [1.54, 1.807) is 27.7 Å². The number of hydrogen-bond donors (Lipinski definition) is 4. The SMILES string of the molecule is CC(C)(C)OC(=O)N[C@@](C)(Cc1ccccc1)C(=O)O.C[C@](N)(CC1CCCCC1)C(=O)O. The highest BCUT2D eigenvalue weighted by atomic mass is 16.6. The molecule has 1 aliphatic carbocycles. The van der Waals surface area contributed by atoms with Gasteiger partial charge in [-0.05, 0) is 52.5 Å². The van der Waals surface area contributed by atoms with Gasteiger partial charge >= 0.3 is 18.0 Å². The summed E-state index contributed by atoms with van der Waals surface area (Å²) >= 11 is 0. The fourth-order valence-electron chi connectivity index (χ4n) is 3.78. The van der Waals surface area contributed by atoms with Crippen LogP contribution in [-0.2, 0) is 20.7 Å². The highest BCUT2D eigenvalue weighted by molar-refractivity contribution is 5.84. The lowest BCUT2D eigenvalue weighted by Crippen LogP contribution is -2.54. The van der Waals surface area contributed by atoms with E-state index in [4.69, 9.17) is 15.6 Å². The molecule has 0 heterocycles. The van der Waals surface area contributed by atoms with E-state index < -0.39 is 34.7 Å². The van der Waals surface area contributed by atoms with E-state index in [0.29, 0.717) is 12.3 Å². The van der Waals surface area contributed by atoms with Gasteiger partial charge in [-0.15, -0.1) is 0 Å². The number of aliphatic carboxylic acids is 2. The normalized spacial score (nSPS) is 18.0. The van der Waals surface area contributed by atoms with Crippen molar-refractivity contribution < 1.29 is 29.3 Å². The van der Waals surface area contributed by atoms with Crippen LogP contribution in [0.4, 0.5) is 4.79 Å². The predicted octanol–water partition coefficient (Wildman–Crippen LogP) is 4.36. The highest BCUT2D eigenvalue weighted by Gasteiger charge is 2.36. The molecule has 0 unspecified atom stereocenters. The van der Waals surface area contributed by atoms with E-state index in [1.165, 1.54) is 26.2 Å². The number of nitrogens with one attached hydrogen (secondary N) is 1. The van der Waals surface area contributed by atoms with Crippen molar-refractivity contribution in [3.05, 3.63) is 35.9 Å². The van der Waals surface area contributed by atoms with E-state index in [1.807, 2.05) is 30.3 Å². The molecule has 0 aromatic heterocycles. The summed E-state index contributed by atoms with van der Waals surface area (Å²) in [5, 5.41) is 20.7. The summed E-state index contributed by atoms with van der Waals surface area (Å²) in [5.74, 6) is -1.45. The van der Waals surface area contributed by atoms with Crippen LogP contribution in [0.5, 0.6) is 0 Å². The summed E-state index contributed by atoms with van der Waals surface area (Å²) in [5.41, 5.74) is 3.41. The Morgan fingerprint density at radius 1 is 0.970 bits per heavy atom. The molecule has 1 aliphatic rings. The van der Waals surface area contributed by atoms with Gasteiger partial charge in [0.25, 0.3) is 0 Å². The molecule has 1 saturated carbocycles. The average Bonchev–Trinajstić information content (AvgIpc) is 2.68. The molecule has 5 N–H and O–H groups in total. The maximum atomic E-state index is 11.8. The number of carbonyl (C=O) groups excluding carboxylic acids is 1. The summed E-state index contributed by atoms with van der Waals surface area (Å²) in [4.78, 5) is 34.0. The number of carboxylic acids is 2. The number of carbonyl (C=O) groups is 3. The Morgan fingerprint density at radius 2 is 1.52 bits per heavy atom. The van der Waals surface area contributed by atoms with Crippen molar-refractivity contribution in [1.82, 2.24) is 5.32 Å². The molecule has 8 nitrogen and oxygen atoms in total. The smallest absolute Gasteiger partial charge is 0.408 e. The molecule has 0 radical (unpaired) electrons. The van der Waals surface area contributed by atoms with Gasteiger partial charge in [0.05, 0.1) is 0 Å². The Balaban J connectivity index is 0.000000361. The molecule has 1 aromatic rings. The van der Waals surface area contributed by atoms with Gasteiger partial charge in [-0.2, -0.15) is 0 Å². The zero-order valence-electron chi connectivity index (χ0n) is 20.5. The van der Waals surface area contributed by atoms with E-state index in [0.717, 1.165) is 18.4 Å². The predicted molar refractivity (Wildman–Crippen MR) is 127 cm³/mol. The summed E-state index contributed by atoms with van der Waals surface area (Å²) in [6.45, 7) is 8.25. The molecule has 0 aliphatic heterocycles. The summed E-state index contributed by atoms with van der Waals surface area (Å²) in [6.07, 6.45) is 6.15. The zero-order valence-corrected chi connectivity index (χ0v) is 20.5. The van der Waals surface area contributed by atoms with Gasteiger partial charge < -0.3 is 26.0 Å². The second-order valence-electron chi connectivity index (χ2n) is 10.4. The Kier molecular flexibility index (Phi) is 10.4. The molecule has 0 saturated heterocycles. The summed E-state index contributed by atoms with van der Waals surface area (Å²) < 4.78 is 5.11. The van der Waals surface area contributed by atoms with Gasteiger partial charge in [-0.1, -0.05) is 62.4 Å². The molecule has 0 bridgehead atoms. The lowest BCUT2D eigenvalue weighted by molar-refractivity contribution is -0.144. The minimum absolute atomic E-state index is 0.183. The maximum Gasteiger partial charge on any atom is 0.408 e. The molecule has 2 rings (SSSR count). The standard InChI is InChI=1S/C15H21NO4.C10H19NO2/c1-14(2,3)20-13(19)16-15(4,12(17)18)10-11-8-6-5-7-9-11;1-10(11,9(12)13)7-8-5-3-2-4-6-8/h5-9H,10H2,1-4H3,(H,16,19)(H,17,18);8H,2-7,11H2,1H3,(H,12,13)/t15-;10-/m00/s1. The fourth-order valence-corrected chi connectivity index (χ4v) is 3.78.